The van der Waals surface area contributed by atoms with Gasteiger partial charge in [-0.25, -0.2) is 21.6 Å². The van der Waals surface area contributed by atoms with Crippen LogP contribution < -0.4 is 4.72 Å². The van der Waals surface area contributed by atoms with Gasteiger partial charge in [-0.2, -0.15) is 13.2 Å². The number of benzene rings is 2. The minimum absolute atomic E-state index is 0.114. The Labute approximate surface area is 224 Å². The zero-order chi connectivity index (χ0) is 28.6. The quantitative estimate of drug-likeness (QED) is 0.555. The number of carbonyl (C=O) groups excluding carboxylic acids is 2. The van der Waals surface area contributed by atoms with Gasteiger partial charge in [-0.1, -0.05) is 18.2 Å². The Hall–Kier alpha value is -2.97. The number of sulfone groups is 1. The first-order valence-corrected chi connectivity index (χ1v) is 15.2. The first-order chi connectivity index (χ1) is 18.2. The van der Waals surface area contributed by atoms with Crippen molar-refractivity contribution in [1.82, 2.24) is 14.5 Å². The molecule has 2 fully saturated rings. The number of nitrogens with one attached hydrogen (secondary N) is 1. The number of nitrogens with zero attached hydrogens (tertiary/aromatic N) is 2. The van der Waals surface area contributed by atoms with Gasteiger partial charge in [0, 0.05) is 39.1 Å². The van der Waals surface area contributed by atoms with Crippen molar-refractivity contribution in [3.63, 3.8) is 0 Å². The van der Waals surface area contributed by atoms with Crippen LogP contribution in [0.3, 0.4) is 0 Å². The molecule has 14 heteroatoms. The molecule has 2 aromatic rings. The van der Waals surface area contributed by atoms with Gasteiger partial charge < -0.3 is 9.80 Å². The summed E-state index contributed by atoms with van der Waals surface area (Å²) in [6.07, 6.45) is -4.19. The maximum atomic E-state index is 13.8. The van der Waals surface area contributed by atoms with E-state index in [0.29, 0.717) is 31.6 Å². The second-order valence-electron chi connectivity index (χ2n) is 9.64. The Morgan fingerprint density at radius 3 is 2.05 bits per heavy atom. The van der Waals surface area contributed by atoms with Crippen LogP contribution in [0.2, 0.25) is 0 Å². The summed E-state index contributed by atoms with van der Waals surface area (Å²) in [5, 5.41) is 0. The summed E-state index contributed by atoms with van der Waals surface area (Å²) in [5.74, 6) is -0.596. The number of amides is 2. The molecule has 2 aliphatic heterocycles. The topological polar surface area (TPSA) is 121 Å². The van der Waals surface area contributed by atoms with Gasteiger partial charge in [0.05, 0.1) is 26.2 Å². The number of piperidine rings is 1. The number of carbonyl (C=O) groups is 2. The maximum absolute atomic E-state index is 13.8. The number of sulfonamides is 1. The molecule has 1 N–H and O–H groups in total. The van der Waals surface area contributed by atoms with Gasteiger partial charge in [0.15, 0.2) is 0 Å². The highest BCUT2D eigenvalue weighted by molar-refractivity contribution is 7.91. The molecule has 4 rings (SSSR count). The second-order valence-corrected chi connectivity index (χ2v) is 13.3. The fourth-order valence-electron chi connectivity index (χ4n) is 4.87. The monoisotopic (exact) mass is 587 g/mol. The summed E-state index contributed by atoms with van der Waals surface area (Å²) in [6, 6.07) is 7.95. The van der Waals surface area contributed by atoms with Gasteiger partial charge in [-0.05, 0) is 49.6 Å². The molecular weight excluding hydrogens is 559 g/mol. The minimum atomic E-state index is -5.05. The predicted octanol–water partition coefficient (Wildman–Crippen LogP) is 2.68. The van der Waals surface area contributed by atoms with Crippen LogP contribution in [0.4, 0.5) is 13.2 Å². The fourth-order valence-corrected chi connectivity index (χ4v) is 7.81. The van der Waals surface area contributed by atoms with E-state index in [2.05, 4.69) is 4.72 Å². The molecule has 9 nitrogen and oxygen atoms in total. The number of alkyl halides is 3. The Morgan fingerprint density at radius 2 is 1.49 bits per heavy atom. The molecule has 0 saturated carbocycles. The van der Waals surface area contributed by atoms with Crippen LogP contribution in [-0.4, -0.2) is 70.7 Å². The van der Waals surface area contributed by atoms with E-state index in [-0.39, 0.29) is 48.6 Å². The molecule has 0 aromatic heterocycles. The van der Waals surface area contributed by atoms with Crippen molar-refractivity contribution in [1.29, 1.82) is 0 Å². The van der Waals surface area contributed by atoms with Gasteiger partial charge >= 0.3 is 6.18 Å². The van der Waals surface area contributed by atoms with Crippen LogP contribution in [0.25, 0.3) is 0 Å². The van der Waals surface area contributed by atoms with Gasteiger partial charge in [-0.15, -0.1) is 0 Å². The standard InChI is InChI=1S/C25H28F3N3O6S2/c1-17(32)31-12-9-18(16-31)24(33)30-13-10-19(11-14-30)29-39(36,37)23-15-21(7-8-22(23)25(26,27)28)38(34,35)20-5-3-2-4-6-20/h2-8,15,18-19,29H,9-14,16H2,1H3/t18-/m0/s1. The molecule has 0 aliphatic carbocycles. The summed E-state index contributed by atoms with van der Waals surface area (Å²) in [4.78, 5) is 25.6. The number of hydrogen-bond donors (Lipinski definition) is 1. The smallest absolute Gasteiger partial charge is 0.342 e. The summed E-state index contributed by atoms with van der Waals surface area (Å²) in [6.45, 7) is 2.63. The van der Waals surface area contributed by atoms with Crippen molar-refractivity contribution in [3.8, 4) is 0 Å². The van der Waals surface area contributed by atoms with E-state index in [1.165, 1.54) is 31.2 Å². The zero-order valence-corrected chi connectivity index (χ0v) is 22.7. The Balaban J connectivity index is 1.52. The van der Waals surface area contributed by atoms with Crippen LogP contribution in [0.5, 0.6) is 0 Å². The van der Waals surface area contributed by atoms with Crippen LogP contribution in [0.15, 0.2) is 63.2 Å². The number of rotatable bonds is 6. The molecule has 0 unspecified atom stereocenters. The molecule has 0 spiro atoms. The second kappa shape index (κ2) is 10.9. The third kappa shape index (κ3) is 6.28. The highest BCUT2D eigenvalue weighted by Gasteiger charge is 2.40. The average Bonchev–Trinajstić information content (AvgIpc) is 3.39. The molecular formula is C25H28F3N3O6S2. The summed E-state index contributed by atoms with van der Waals surface area (Å²) in [7, 11) is -9.07. The largest absolute Gasteiger partial charge is 0.417 e. The molecule has 2 saturated heterocycles. The number of hydrogen-bond acceptors (Lipinski definition) is 6. The maximum Gasteiger partial charge on any atom is 0.417 e. The normalized spacial score (nSPS) is 19.3. The molecule has 2 aliphatic rings. The highest BCUT2D eigenvalue weighted by atomic mass is 32.2. The van der Waals surface area contributed by atoms with Crippen molar-refractivity contribution in [2.45, 2.75) is 53.1 Å². The van der Waals surface area contributed by atoms with Crippen molar-refractivity contribution in [3.05, 3.63) is 54.1 Å². The molecule has 212 valence electrons. The lowest BCUT2D eigenvalue weighted by Crippen LogP contribution is -2.48. The molecule has 2 heterocycles. The lowest BCUT2D eigenvalue weighted by Gasteiger charge is -2.34. The third-order valence-corrected chi connectivity index (χ3v) is 10.4. The van der Waals surface area contributed by atoms with E-state index in [4.69, 9.17) is 0 Å². The first kappa shape index (κ1) is 29.0. The molecule has 39 heavy (non-hydrogen) atoms. The van der Waals surface area contributed by atoms with E-state index in [9.17, 15) is 39.6 Å². The molecule has 2 amide bonds. The Kier molecular flexibility index (Phi) is 8.11. The number of halogens is 3. The lowest BCUT2D eigenvalue weighted by atomic mass is 10.0. The van der Waals surface area contributed by atoms with E-state index in [0.717, 1.165) is 6.07 Å². The first-order valence-electron chi connectivity index (χ1n) is 12.3. The molecule has 0 radical (unpaired) electrons. The van der Waals surface area contributed by atoms with Gasteiger partial charge in [-0.3, -0.25) is 9.59 Å². The summed E-state index contributed by atoms with van der Waals surface area (Å²) in [5.41, 5.74) is -1.48. The van der Waals surface area contributed by atoms with Gasteiger partial charge in [0.2, 0.25) is 31.7 Å². The van der Waals surface area contributed by atoms with Gasteiger partial charge in [0.25, 0.3) is 0 Å². The van der Waals surface area contributed by atoms with E-state index >= 15 is 0 Å². The SMILES string of the molecule is CC(=O)N1CC[C@H](C(=O)N2CCC(NS(=O)(=O)c3cc(S(=O)(=O)c4ccccc4)ccc3C(F)(F)F)CC2)C1. The van der Waals surface area contributed by atoms with Crippen molar-refractivity contribution in [2.75, 3.05) is 26.2 Å². The van der Waals surface area contributed by atoms with Crippen LogP contribution in [0, 0.1) is 5.92 Å². The molecule has 0 bridgehead atoms. The van der Waals surface area contributed by atoms with Crippen LogP contribution >= 0.6 is 0 Å². The summed E-state index contributed by atoms with van der Waals surface area (Å²) >= 11 is 0. The van der Waals surface area contributed by atoms with Crippen LogP contribution in [0.1, 0.15) is 31.7 Å². The minimum Gasteiger partial charge on any atom is -0.342 e. The van der Waals surface area contributed by atoms with Crippen molar-refractivity contribution in [2.24, 2.45) is 5.92 Å². The highest BCUT2D eigenvalue weighted by Crippen LogP contribution is 2.36. The molecule has 2 aromatic carbocycles. The van der Waals surface area contributed by atoms with Crippen molar-refractivity contribution >= 4 is 31.7 Å². The van der Waals surface area contributed by atoms with E-state index < -0.39 is 47.4 Å². The molecule has 1 atom stereocenters. The van der Waals surface area contributed by atoms with Crippen LogP contribution in [-0.2, 0) is 35.6 Å². The van der Waals surface area contributed by atoms with Gasteiger partial charge in [0.1, 0.15) is 0 Å². The fraction of sp³-hybridized carbons (Fsp3) is 0.440. The lowest BCUT2D eigenvalue weighted by molar-refractivity contribution is -0.140. The predicted molar refractivity (Wildman–Crippen MR) is 134 cm³/mol. The average molecular weight is 588 g/mol. The van der Waals surface area contributed by atoms with Crippen molar-refractivity contribution < 1.29 is 39.6 Å². The van der Waals surface area contributed by atoms with E-state index in [1.54, 1.807) is 15.9 Å². The summed E-state index contributed by atoms with van der Waals surface area (Å²) < 4.78 is 95.9. The number of likely N-dealkylation sites (tertiary alicyclic amines) is 2. The zero-order valence-electron chi connectivity index (χ0n) is 21.0. The Bertz CT molecular complexity index is 1460. The third-order valence-electron chi connectivity index (χ3n) is 7.02. The van der Waals surface area contributed by atoms with E-state index in [1.807, 2.05) is 0 Å². The Morgan fingerprint density at radius 1 is 0.872 bits per heavy atom.